The van der Waals surface area contributed by atoms with Crippen LogP contribution in [0.15, 0.2) is 0 Å². The Hall–Kier alpha value is -1.18. The van der Waals surface area contributed by atoms with Gasteiger partial charge in [0.1, 0.15) is 0 Å². The van der Waals surface area contributed by atoms with Crippen LogP contribution in [0.25, 0.3) is 0 Å². The molecule has 0 aromatic heterocycles. The van der Waals surface area contributed by atoms with Gasteiger partial charge in [-0.1, -0.05) is 13.3 Å². The van der Waals surface area contributed by atoms with E-state index < -0.39 is 0 Å². The quantitative estimate of drug-likeness (QED) is 0.650. The highest BCUT2D eigenvalue weighted by Crippen LogP contribution is 2.45. The molecule has 26 heavy (non-hydrogen) atoms. The van der Waals surface area contributed by atoms with Crippen LogP contribution in [0.3, 0.4) is 0 Å². The number of hydrogen-bond acceptors (Lipinski definition) is 5. The van der Waals surface area contributed by atoms with Crippen molar-refractivity contribution in [1.82, 2.24) is 9.80 Å². The lowest BCUT2D eigenvalue weighted by molar-refractivity contribution is -0.123. The molecule has 2 atom stereocenters. The number of likely N-dealkylation sites (tertiary alicyclic amines) is 2. The molecule has 0 bridgehead atoms. The van der Waals surface area contributed by atoms with Crippen molar-refractivity contribution in [2.45, 2.75) is 70.4 Å². The van der Waals surface area contributed by atoms with Crippen LogP contribution in [-0.2, 0) is 9.59 Å². The Morgan fingerprint density at radius 3 is 2.08 bits per heavy atom. The second-order valence-electron chi connectivity index (χ2n) is 7.63. The third-order valence-electron chi connectivity index (χ3n) is 6.11. The predicted octanol–water partition coefficient (Wildman–Crippen LogP) is 1.89. The van der Waals surface area contributed by atoms with Crippen molar-refractivity contribution in [3.63, 3.8) is 0 Å². The van der Waals surface area contributed by atoms with Crippen LogP contribution >= 0.6 is 0 Å². The second-order valence-corrected chi connectivity index (χ2v) is 7.63. The maximum atomic E-state index is 10.4. The number of rotatable bonds is 3. The summed E-state index contributed by atoms with van der Waals surface area (Å²) in [5.41, 5.74) is 0.263. The minimum absolute atomic E-state index is 0.0227. The summed E-state index contributed by atoms with van der Waals surface area (Å²) in [6.45, 7) is 8.06. The Morgan fingerprint density at radius 1 is 1.00 bits per heavy atom. The van der Waals surface area contributed by atoms with E-state index in [1.165, 1.54) is 77.7 Å². The summed E-state index contributed by atoms with van der Waals surface area (Å²) in [7, 11) is 0. The van der Waals surface area contributed by atoms with Crippen molar-refractivity contribution < 1.29 is 24.9 Å². The maximum absolute atomic E-state index is 10.4. The number of hydrogen-bond donors (Lipinski definition) is 3. The third-order valence-corrected chi connectivity index (χ3v) is 6.11. The lowest BCUT2D eigenvalue weighted by atomic mass is 9.76. The second kappa shape index (κ2) is 12.3. The van der Waals surface area contributed by atoms with Gasteiger partial charge in [-0.3, -0.25) is 14.5 Å². The predicted molar refractivity (Wildman–Crippen MR) is 100 cm³/mol. The van der Waals surface area contributed by atoms with Gasteiger partial charge < -0.3 is 20.2 Å². The SMILES string of the molecule is CCCN1CCC(N2CCC[C@]3(CCC[C@H]3O)C2)CC1.O=CO.O=CO. The van der Waals surface area contributed by atoms with Crippen LogP contribution in [0, 0.1) is 5.41 Å². The van der Waals surface area contributed by atoms with Gasteiger partial charge in [-0.25, -0.2) is 0 Å². The van der Waals surface area contributed by atoms with Gasteiger partial charge in [0.15, 0.2) is 0 Å². The molecule has 3 N–H and O–H groups in total. The summed E-state index contributed by atoms with van der Waals surface area (Å²) >= 11 is 0. The largest absolute Gasteiger partial charge is 0.483 e. The molecule has 0 aromatic rings. The zero-order chi connectivity index (χ0) is 19.4. The molecule has 7 heteroatoms. The molecule has 3 aliphatic rings. The van der Waals surface area contributed by atoms with Gasteiger partial charge >= 0.3 is 0 Å². The topological polar surface area (TPSA) is 101 Å². The molecule has 152 valence electrons. The summed E-state index contributed by atoms with van der Waals surface area (Å²) in [5, 5.41) is 24.2. The molecular formula is C19H36N2O5. The normalized spacial score (nSPS) is 30.0. The molecule has 2 saturated heterocycles. The monoisotopic (exact) mass is 372 g/mol. The molecule has 0 radical (unpaired) electrons. The van der Waals surface area contributed by atoms with Crippen LogP contribution in [0.2, 0.25) is 0 Å². The van der Waals surface area contributed by atoms with E-state index in [9.17, 15) is 5.11 Å². The van der Waals surface area contributed by atoms with Crippen molar-refractivity contribution >= 4 is 12.9 Å². The van der Waals surface area contributed by atoms with Crippen molar-refractivity contribution in [1.29, 1.82) is 0 Å². The summed E-state index contributed by atoms with van der Waals surface area (Å²) in [4.78, 5) is 22.1. The lowest BCUT2D eigenvalue weighted by Crippen LogP contribution is -2.53. The highest BCUT2D eigenvalue weighted by Gasteiger charge is 2.45. The Morgan fingerprint density at radius 2 is 1.58 bits per heavy atom. The average molecular weight is 373 g/mol. The first-order valence-electron chi connectivity index (χ1n) is 9.87. The highest BCUT2D eigenvalue weighted by atomic mass is 16.3. The van der Waals surface area contributed by atoms with E-state index in [0.717, 1.165) is 12.5 Å². The summed E-state index contributed by atoms with van der Waals surface area (Å²) in [6.07, 6.45) is 10.0. The summed E-state index contributed by atoms with van der Waals surface area (Å²) < 4.78 is 0. The van der Waals surface area contributed by atoms with Crippen molar-refractivity contribution in [3.05, 3.63) is 0 Å². The molecule has 1 spiro atoms. The first-order chi connectivity index (χ1) is 12.6. The van der Waals surface area contributed by atoms with Crippen molar-refractivity contribution in [2.75, 3.05) is 32.7 Å². The van der Waals surface area contributed by atoms with Gasteiger partial charge in [-0.05, 0) is 71.1 Å². The summed E-state index contributed by atoms with van der Waals surface area (Å²) in [6, 6.07) is 0.785. The molecule has 1 saturated carbocycles. The number of carbonyl (C=O) groups is 2. The molecule has 3 fully saturated rings. The highest BCUT2D eigenvalue weighted by molar-refractivity contribution is 5.33. The third kappa shape index (κ3) is 6.52. The van der Waals surface area contributed by atoms with Crippen LogP contribution in [-0.4, -0.2) is 82.9 Å². The Balaban J connectivity index is 0.000000499. The average Bonchev–Trinajstić information content (AvgIpc) is 2.97. The molecule has 7 nitrogen and oxygen atoms in total. The Labute approximate surface area is 157 Å². The van der Waals surface area contributed by atoms with Gasteiger partial charge in [0, 0.05) is 18.0 Å². The van der Waals surface area contributed by atoms with Gasteiger partial charge in [0.05, 0.1) is 6.10 Å². The molecule has 0 amide bonds. The molecule has 0 aromatic carbocycles. The number of carboxylic acid groups (broad SMARTS) is 2. The Bertz CT molecular complexity index is 395. The van der Waals surface area contributed by atoms with Crippen molar-refractivity contribution in [3.8, 4) is 0 Å². The summed E-state index contributed by atoms with van der Waals surface area (Å²) in [5.74, 6) is 0. The minimum atomic E-state index is -0.250. The fourth-order valence-corrected chi connectivity index (χ4v) is 4.93. The van der Waals surface area contributed by atoms with E-state index in [1.54, 1.807) is 0 Å². The molecule has 3 rings (SSSR count). The van der Waals surface area contributed by atoms with Crippen LogP contribution in [0.1, 0.15) is 58.3 Å². The van der Waals surface area contributed by atoms with Gasteiger partial charge in [-0.15, -0.1) is 0 Å². The smallest absolute Gasteiger partial charge is 0.290 e. The van der Waals surface area contributed by atoms with E-state index in [1.807, 2.05) is 0 Å². The first-order valence-corrected chi connectivity index (χ1v) is 9.87. The van der Waals surface area contributed by atoms with Crippen molar-refractivity contribution in [2.24, 2.45) is 5.41 Å². The fraction of sp³-hybridized carbons (Fsp3) is 0.895. The first kappa shape index (κ1) is 22.9. The van der Waals surface area contributed by atoms with E-state index in [4.69, 9.17) is 19.8 Å². The standard InChI is InChI=1S/C17H32N2O.2CH2O2/c1-2-10-18-12-6-15(7-13-18)19-11-4-9-17(14-19)8-3-5-16(17)20;2*2-1-3/h15-16,20H,2-14H2,1H3;2*1H,(H,2,3)/t16-,17-;;/m1../s1. The van der Waals surface area contributed by atoms with Crippen LogP contribution in [0.4, 0.5) is 0 Å². The fourth-order valence-electron chi connectivity index (χ4n) is 4.93. The van der Waals surface area contributed by atoms with Gasteiger partial charge in [0.25, 0.3) is 12.9 Å². The van der Waals surface area contributed by atoms with E-state index in [-0.39, 0.29) is 24.5 Å². The minimum Gasteiger partial charge on any atom is -0.483 e. The number of aliphatic hydroxyl groups is 1. The molecule has 2 aliphatic heterocycles. The number of aliphatic hydroxyl groups excluding tert-OH is 1. The van der Waals surface area contributed by atoms with E-state index in [0.29, 0.717) is 0 Å². The molecule has 0 unspecified atom stereocenters. The Kier molecular flexibility index (Phi) is 10.8. The molecule has 1 aliphatic carbocycles. The number of nitrogens with zero attached hydrogens (tertiary/aromatic N) is 2. The van der Waals surface area contributed by atoms with Crippen LogP contribution in [0.5, 0.6) is 0 Å². The van der Waals surface area contributed by atoms with Gasteiger partial charge in [0.2, 0.25) is 0 Å². The lowest BCUT2D eigenvalue weighted by Gasteiger charge is -2.47. The zero-order valence-electron chi connectivity index (χ0n) is 16.1. The molecular weight excluding hydrogens is 336 g/mol. The molecule has 2 heterocycles. The van der Waals surface area contributed by atoms with Crippen LogP contribution < -0.4 is 0 Å². The van der Waals surface area contributed by atoms with E-state index >= 15 is 0 Å². The zero-order valence-corrected chi connectivity index (χ0v) is 16.1. The van der Waals surface area contributed by atoms with Gasteiger partial charge in [-0.2, -0.15) is 0 Å². The number of piperidine rings is 2. The van der Waals surface area contributed by atoms with E-state index in [2.05, 4.69) is 16.7 Å². The maximum Gasteiger partial charge on any atom is 0.290 e.